The third kappa shape index (κ3) is 9.34. The van der Waals surface area contributed by atoms with E-state index >= 15 is 0 Å². The first-order valence-corrected chi connectivity index (χ1v) is 29.8. The van der Waals surface area contributed by atoms with E-state index in [0.717, 1.165) is 122 Å². The molecule has 0 aliphatic carbocycles. The molecule has 0 amide bonds. The van der Waals surface area contributed by atoms with Crippen LogP contribution < -0.4 is 9.30 Å². The molecule has 1 aliphatic rings. The van der Waals surface area contributed by atoms with Crippen molar-refractivity contribution in [2.75, 3.05) is 0 Å². The summed E-state index contributed by atoms with van der Waals surface area (Å²) in [6.07, 6.45) is 5.75. The Morgan fingerprint density at radius 1 is 0.472 bits per heavy atom. The van der Waals surface area contributed by atoms with Crippen molar-refractivity contribution in [1.82, 2.24) is 14.1 Å². The summed E-state index contributed by atoms with van der Waals surface area (Å²) >= 11 is 0. The molecule has 0 bridgehead atoms. The predicted molar refractivity (Wildman–Crippen MR) is 360 cm³/mol. The summed E-state index contributed by atoms with van der Waals surface area (Å²) in [5.41, 5.74) is 17.5. The SMILES string of the molecule is [2H]C([2H])([2H])c1cccc(C([2H])([2H])[2H])c1-c1cccc2c1-[n+]1[c-]n(-c3[c-]c(Oc4[c-]c5c(cc4)c4ccccc4n5-c4cc(C(C)(C)C)ccn4)ccc3)c3cc(-c4ccc5oc6ccccc6c5c4)cc(c31)-c1ccccc1-c1ccc(-c3ccc(C(C)(C)C)cc3)cc1-2.[Pt]. The number of para-hydroxylation sites is 3. The van der Waals surface area contributed by atoms with Crippen LogP contribution in [0.25, 0.3) is 139 Å². The molecule has 0 saturated heterocycles. The normalized spacial score (nSPS) is 13.5. The molecule has 7 heteroatoms. The molecule has 0 N–H and O–H groups in total. The van der Waals surface area contributed by atoms with Gasteiger partial charge in [0, 0.05) is 63.3 Å². The van der Waals surface area contributed by atoms with Crippen LogP contribution in [0.2, 0.25) is 0 Å². The quantitative estimate of drug-likeness (QED) is 0.118. The zero-order valence-electron chi connectivity index (χ0n) is 55.9. The van der Waals surface area contributed by atoms with Crippen molar-refractivity contribution >= 4 is 54.8 Å². The number of fused-ring (bicyclic) bond motifs is 13. The largest absolute Gasteiger partial charge is 0.510 e. The van der Waals surface area contributed by atoms with E-state index in [1.165, 1.54) is 23.8 Å². The smallest absolute Gasteiger partial charge is 0.268 e. The number of hydrogen-bond donors (Lipinski definition) is 0. The molecule has 0 spiro atoms. The third-order valence-electron chi connectivity index (χ3n) is 17.6. The van der Waals surface area contributed by atoms with Gasteiger partial charge in [-0.25, -0.2) is 4.98 Å². The molecule has 0 saturated carbocycles. The maximum absolute atomic E-state index is 9.08. The monoisotopic (exact) mass is 1340 g/mol. The molecule has 0 fully saturated rings. The number of benzene rings is 11. The summed E-state index contributed by atoms with van der Waals surface area (Å²) in [7, 11) is 0. The Kier molecular flexibility index (Phi) is 11.7. The molecular formula is C82H62N4O2Pt-2. The van der Waals surface area contributed by atoms with Crippen molar-refractivity contribution in [2.24, 2.45) is 0 Å². The average molecular weight is 1340 g/mol. The average Bonchev–Trinajstić information content (AvgIpc) is 1.61. The molecule has 15 aromatic rings. The van der Waals surface area contributed by atoms with E-state index in [2.05, 4.69) is 198 Å². The Balaban J connectivity index is 0.00000743. The first-order valence-electron chi connectivity index (χ1n) is 32.8. The minimum Gasteiger partial charge on any atom is -0.510 e. The van der Waals surface area contributed by atoms with E-state index in [4.69, 9.17) is 22.4 Å². The molecule has 5 heterocycles. The second-order valence-electron chi connectivity index (χ2n) is 25.1. The van der Waals surface area contributed by atoms with Gasteiger partial charge in [-0.3, -0.25) is 4.57 Å². The fourth-order valence-electron chi connectivity index (χ4n) is 13.1. The number of rotatable bonds is 7. The first-order chi connectivity index (χ1) is 45.1. The van der Waals surface area contributed by atoms with Crippen LogP contribution in [0.1, 0.15) is 72.0 Å². The maximum atomic E-state index is 9.08. The Labute approximate surface area is 541 Å². The standard InChI is InChI=1S/C82H62N4O2.Pt/c1-50-18-15-19-51(2)78(50)68-27-17-26-67-69-42-53(52-30-34-56(35-31-52)81(3,4)5)32-37-63(69)61-22-9-10-23-62(61)71-44-55(54-33-39-76-70(43-54)66-25-12-14-29-75(66)88-76)45-74-80(71)85(79(67)68)49-84(74)58-20-16-21-59(47-58)87-60-36-38-65-64-24-11-13-28-72(64)86(73(65)48-60)77-46-57(40-41-83-77)82(6,7)8;/h9-46H,1-8H3;/q-2;/i1D3,2D3;. The molecule has 89 heavy (non-hydrogen) atoms. The van der Waals surface area contributed by atoms with Gasteiger partial charge in [-0.2, -0.15) is 18.2 Å². The second-order valence-corrected chi connectivity index (χ2v) is 25.1. The number of hydrogen-bond acceptors (Lipinski definition) is 3. The van der Waals surface area contributed by atoms with Crippen LogP contribution in [0, 0.1) is 32.2 Å². The zero-order chi connectivity index (χ0) is 64.7. The molecular weight excluding hydrogens is 1270 g/mol. The van der Waals surface area contributed by atoms with Gasteiger partial charge >= 0.3 is 0 Å². The zero-order valence-corrected chi connectivity index (χ0v) is 52.1. The van der Waals surface area contributed by atoms with Crippen molar-refractivity contribution in [1.29, 1.82) is 0 Å². The minimum atomic E-state index is -2.72. The molecule has 0 unspecified atom stereocenters. The Morgan fingerprint density at radius 3 is 1.91 bits per heavy atom. The van der Waals surface area contributed by atoms with Crippen LogP contribution in [-0.4, -0.2) is 14.1 Å². The van der Waals surface area contributed by atoms with E-state index in [0.29, 0.717) is 28.4 Å². The van der Waals surface area contributed by atoms with Gasteiger partial charge in [0.05, 0.1) is 16.7 Å². The van der Waals surface area contributed by atoms with Gasteiger partial charge in [0.25, 0.3) is 6.33 Å². The topological polar surface area (TPSA) is 49.0 Å². The van der Waals surface area contributed by atoms with E-state index in [1.54, 1.807) is 0 Å². The maximum Gasteiger partial charge on any atom is 0.268 e. The Hall–Kier alpha value is -9.87. The van der Waals surface area contributed by atoms with Crippen LogP contribution in [0.3, 0.4) is 0 Å². The van der Waals surface area contributed by atoms with Gasteiger partial charge in [-0.1, -0.05) is 193 Å². The number of imidazole rings is 1. The predicted octanol–water partition coefficient (Wildman–Crippen LogP) is 21.0. The summed E-state index contributed by atoms with van der Waals surface area (Å²) in [6, 6.07) is 82.5. The molecule has 4 aromatic heterocycles. The van der Waals surface area contributed by atoms with Crippen molar-refractivity contribution in [2.45, 2.75) is 66.1 Å². The van der Waals surface area contributed by atoms with Crippen molar-refractivity contribution in [3.8, 4) is 95.5 Å². The first kappa shape index (κ1) is 49.2. The summed E-state index contributed by atoms with van der Waals surface area (Å²) in [5, 5.41) is 4.04. The van der Waals surface area contributed by atoms with E-state index in [-0.39, 0.29) is 48.6 Å². The molecule has 434 valence electrons. The number of pyridine rings is 1. The van der Waals surface area contributed by atoms with E-state index in [9.17, 15) is 0 Å². The summed E-state index contributed by atoms with van der Waals surface area (Å²) < 4.78 is 73.9. The molecule has 1 aliphatic heterocycles. The number of nitrogens with zero attached hydrogens (tertiary/aromatic N) is 4. The van der Waals surface area contributed by atoms with Crippen molar-refractivity contribution in [3.05, 3.63) is 271 Å². The van der Waals surface area contributed by atoms with Gasteiger partial charge in [0.2, 0.25) is 0 Å². The second kappa shape index (κ2) is 21.2. The molecule has 16 rings (SSSR count). The number of aryl methyl sites for hydroxylation is 2. The van der Waals surface area contributed by atoms with E-state index < -0.39 is 13.7 Å². The summed E-state index contributed by atoms with van der Waals surface area (Å²) in [5.74, 6) is 1.66. The molecule has 0 radical (unpaired) electrons. The molecule has 0 atom stereocenters. The fraction of sp³-hybridized carbons (Fsp3) is 0.122. The van der Waals surface area contributed by atoms with Gasteiger partial charge in [0.15, 0.2) is 0 Å². The number of aromatic nitrogens is 4. The van der Waals surface area contributed by atoms with Crippen LogP contribution in [0.4, 0.5) is 0 Å². The summed E-state index contributed by atoms with van der Waals surface area (Å²) in [4.78, 5) is 4.91. The van der Waals surface area contributed by atoms with Gasteiger partial charge in [0.1, 0.15) is 17.0 Å². The van der Waals surface area contributed by atoms with Crippen molar-refractivity contribution < 1.29 is 43.0 Å². The summed E-state index contributed by atoms with van der Waals surface area (Å²) in [6.45, 7) is 7.79. The Bertz CT molecular complexity index is 5570. The van der Waals surface area contributed by atoms with Crippen molar-refractivity contribution in [3.63, 3.8) is 0 Å². The van der Waals surface area contributed by atoms with E-state index in [1.807, 2.05) is 88.1 Å². The number of furan rings is 1. The van der Waals surface area contributed by atoms with Gasteiger partial charge in [-0.15, -0.1) is 29.7 Å². The molecule has 6 nitrogen and oxygen atoms in total. The van der Waals surface area contributed by atoms with Crippen LogP contribution >= 0.6 is 0 Å². The van der Waals surface area contributed by atoms with Gasteiger partial charge in [-0.05, 0) is 173 Å². The minimum absolute atomic E-state index is 0. The molecule has 11 aromatic carbocycles. The van der Waals surface area contributed by atoms with Crippen LogP contribution in [0.15, 0.2) is 235 Å². The number of ether oxygens (including phenoxy) is 1. The Morgan fingerprint density at radius 2 is 1.11 bits per heavy atom. The van der Waals surface area contributed by atoms with Gasteiger partial charge < -0.3 is 18.3 Å². The van der Waals surface area contributed by atoms with Crippen LogP contribution in [-0.2, 0) is 31.9 Å². The third-order valence-corrected chi connectivity index (χ3v) is 17.6. The van der Waals surface area contributed by atoms with Crippen LogP contribution in [0.5, 0.6) is 11.5 Å². The fourth-order valence-corrected chi connectivity index (χ4v) is 13.1.